The molecule has 0 fully saturated rings. The smallest absolute Gasteiger partial charge is 0.127 e. The predicted octanol–water partition coefficient (Wildman–Crippen LogP) is 6.38. The van der Waals surface area contributed by atoms with Crippen LogP contribution in [-0.2, 0) is 6.42 Å². The molecule has 3 rings (SSSR count). The Labute approximate surface area is 172 Å². The van der Waals surface area contributed by atoms with E-state index in [4.69, 9.17) is 10.2 Å². The van der Waals surface area contributed by atoms with E-state index in [9.17, 15) is 10.2 Å². The zero-order valence-electron chi connectivity index (χ0n) is 16.9. The summed E-state index contributed by atoms with van der Waals surface area (Å²) in [6, 6.07) is 19.0. The largest absolute Gasteiger partial charge is 0.508 e. The molecule has 4 heteroatoms. The Bertz CT molecular complexity index is 875. The van der Waals surface area contributed by atoms with E-state index in [1.807, 2.05) is 30.3 Å². The molecular weight excluding hydrogens is 364 g/mol. The average Bonchev–Trinajstić information content (AvgIpc) is 2.70. The molecular formula is C25H30O4. The van der Waals surface area contributed by atoms with Gasteiger partial charge < -0.3 is 20.4 Å². The van der Waals surface area contributed by atoms with E-state index >= 15 is 0 Å². The van der Waals surface area contributed by atoms with Gasteiger partial charge in [0.25, 0.3) is 0 Å². The van der Waals surface area contributed by atoms with E-state index in [2.05, 4.69) is 6.92 Å². The quantitative estimate of drug-likeness (QED) is 0.351. The molecule has 3 aromatic rings. The average molecular weight is 395 g/mol. The molecule has 0 amide bonds. The Hall–Kier alpha value is -3.14. The first kappa shape index (κ1) is 22.2. The van der Waals surface area contributed by atoms with Crippen molar-refractivity contribution >= 4 is 0 Å². The highest BCUT2D eigenvalue weighted by atomic mass is 16.3. The number of unbranched alkanes of at least 4 members (excludes halogenated alkanes) is 4. The summed E-state index contributed by atoms with van der Waals surface area (Å²) in [5, 5.41) is 37.4. The van der Waals surface area contributed by atoms with Gasteiger partial charge in [0.15, 0.2) is 0 Å². The molecule has 0 saturated carbocycles. The number of hydrogen-bond donors (Lipinski definition) is 4. The van der Waals surface area contributed by atoms with Crippen LogP contribution < -0.4 is 0 Å². The van der Waals surface area contributed by atoms with Crippen molar-refractivity contribution in [3.63, 3.8) is 0 Å². The third-order valence-electron chi connectivity index (χ3n) is 4.68. The van der Waals surface area contributed by atoms with Gasteiger partial charge in [0.1, 0.15) is 23.0 Å². The zero-order valence-corrected chi connectivity index (χ0v) is 16.9. The first-order valence-corrected chi connectivity index (χ1v) is 10.1. The Morgan fingerprint density at radius 3 is 1.86 bits per heavy atom. The maximum Gasteiger partial charge on any atom is 0.127 e. The van der Waals surface area contributed by atoms with Gasteiger partial charge in [0.2, 0.25) is 0 Å². The number of aromatic hydroxyl groups is 4. The van der Waals surface area contributed by atoms with E-state index in [0.717, 1.165) is 29.5 Å². The molecule has 4 N–H and O–H groups in total. The summed E-state index contributed by atoms with van der Waals surface area (Å²) in [4.78, 5) is 0. The molecule has 0 atom stereocenters. The minimum Gasteiger partial charge on any atom is -0.508 e. The van der Waals surface area contributed by atoms with Crippen molar-refractivity contribution in [1.29, 1.82) is 0 Å². The van der Waals surface area contributed by atoms with Crippen molar-refractivity contribution in [3.8, 4) is 34.1 Å². The van der Waals surface area contributed by atoms with Crippen LogP contribution in [0.5, 0.6) is 23.0 Å². The zero-order chi connectivity index (χ0) is 21.1. The first-order chi connectivity index (χ1) is 14.0. The van der Waals surface area contributed by atoms with Gasteiger partial charge in [0, 0.05) is 17.7 Å². The molecule has 0 spiro atoms. The van der Waals surface area contributed by atoms with E-state index < -0.39 is 0 Å². The maximum absolute atomic E-state index is 9.58. The summed E-state index contributed by atoms with van der Waals surface area (Å²) in [6.45, 7) is 2.20. The van der Waals surface area contributed by atoms with Crippen LogP contribution in [0.4, 0.5) is 0 Å². The van der Waals surface area contributed by atoms with Crippen LogP contribution in [0.25, 0.3) is 11.1 Å². The van der Waals surface area contributed by atoms with Crippen LogP contribution in [0, 0.1) is 0 Å². The number of phenolic OH excluding ortho intramolecular Hbond substituents is 4. The number of benzene rings is 3. The van der Waals surface area contributed by atoms with Crippen molar-refractivity contribution < 1.29 is 20.4 Å². The first-order valence-electron chi connectivity index (χ1n) is 10.1. The lowest BCUT2D eigenvalue weighted by molar-refractivity contribution is 0.444. The monoisotopic (exact) mass is 394 g/mol. The van der Waals surface area contributed by atoms with Crippen LogP contribution in [-0.4, -0.2) is 20.4 Å². The van der Waals surface area contributed by atoms with Crippen molar-refractivity contribution in [2.75, 3.05) is 0 Å². The minimum absolute atomic E-state index is 0.0715. The predicted molar refractivity (Wildman–Crippen MR) is 117 cm³/mol. The van der Waals surface area contributed by atoms with Crippen LogP contribution in [0.1, 0.15) is 44.6 Å². The topological polar surface area (TPSA) is 80.9 Å². The lowest BCUT2D eigenvalue weighted by Gasteiger charge is -2.04. The SMILES string of the molecule is CCCCCCCc1ccc(O)cc1O.Oc1ccc(-c2ccccc2)c(O)c1. The van der Waals surface area contributed by atoms with Gasteiger partial charge >= 0.3 is 0 Å². The maximum atomic E-state index is 9.58. The minimum atomic E-state index is 0.0715. The molecule has 0 aliphatic carbocycles. The molecule has 0 heterocycles. The van der Waals surface area contributed by atoms with E-state index in [0.29, 0.717) is 0 Å². The van der Waals surface area contributed by atoms with E-state index in [1.165, 1.54) is 37.8 Å². The second kappa shape index (κ2) is 11.6. The number of aryl methyl sites for hydroxylation is 1. The third-order valence-corrected chi connectivity index (χ3v) is 4.68. The number of phenols is 4. The van der Waals surface area contributed by atoms with Gasteiger partial charge in [-0.1, -0.05) is 69.0 Å². The highest BCUT2D eigenvalue weighted by molar-refractivity contribution is 5.70. The van der Waals surface area contributed by atoms with Gasteiger partial charge in [-0.2, -0.15) is 0 Å². The third kappa shape index (κ3) is 7.41. The summed E-state index contributed by atoms with van der Waals surface area (Å²) in [7, 11) is 0. The fraction of sp³-hybridized carbons (Fsp3) is 0.280. The van der Waals surface area contributed by atoms with E-state index in [1.54, 1.807) is 24.3 Å². The molecule has 3 aromatic carbocycles. The van der Waals surface area contributed by atoms with Crippen LogP contribution in [0.2, 0.25) is 0 Å². The molecule has 29 heavy (non-hydrogen) atoms. The fourth-order valence-corrected chi connectivity index (χ4v) is 3.06. The van der Waals surface area contributed by atoms with Gasteiger partial charge in [-0.05, 0) is 42.2 Å². The second-order valence-electron chi connectivity index (χ2n) is 7.04. The molecule has 0 bridgehead atoms. The molecule has 0 aliphatic heterocycles. The van der Waals surface area contributed by atoms with Crippen LogP contribution >= 0.6 is 0 Å². The second-order valence-corrected chi connectivity index (χ2v) is 7.04. The van der Waals surface area contributed by atoms with Gasteiger partial charge in [-0.25, -0.2) is 0 Å². The van der Waals surface area contributed by atoms with E-state index in [-0.39, 0.29) is 23.0 Å². The highest BCUT2D eigenvalue weighted by Gasteiger charge is 2.03. The molecule has 0 saturated heterocycles. The molecule has 0 aliphatic rings. The lowest BCUT2D eigenvalue weighted by Crippen LogP contribution is -1.86. The summed E-state index contributed by atoms with van der Waals surface area (Å²) in [6.07, 6.45) is 7.05. The van der Waals surface area contributed by atoms with Crippen molar-refractivity contribution in [2.24, 2.45) is 0 Å². The Morgan fingerprint density at radius 1 is 0.621 bits per heavy atom. The number of hydrogen-bond acceptors (Lipinski definition) is 4. The number of rotatable bonds is 7. The fourth-order valence-electron chi connectivity index (χ4n) is 3.06. The summed E-state index contributed by atoms with van der Waals surface area (Å²) < 4.78 is 0. The molecule has 0 radical (unpaired) electrons. The Morgan fingerprint density at radius 2 is 1.24 bits per heavy atom. The standard InChI is InChI=1S/C13H20O2.C12H10O2/c1-2-3-4-5-6-7-11-8-9-12(14)10-13(11)15;13-10-6-7-11(12(14)8-10)9-4-2-1-3-5-9/h8-10,14-15H,2-7H2,1H3;1-8,13-14H. The Balaban J connectivity index is 0.000000207. The lowest BCUT2D eigenvalue weighted by atomic mass is 10.0. The normalized spacial score (nSPS) is 10.2. The molecule has 154 valence electrons. The van der Waals surface area contributed by atoms with Gasteiger partial charge in [-0.15, -0.1) is 0 Å². The Kier molecular flexibility index (Phi) is 8.90. The van der Waals surface area contributed by atoms with Crippen LogP contribution in [0.15, 0.2) is 66.7 Å². The molecule has 0 aromatic heterocycles. The van der Waals surface area contributed by atoms with Gasteiger partial charge in [0.05, 0.1) is 0 Å². The van der Waals surface area contributed by atoms with Crippen molar-refractivity contribution in [3.05, 3.63) is 72.3 Å². The van der Waals surface area contributed by atoms with Crippen molar-refractivity contribution in [1.82, 2.24) is 0 Å². The molecule has 0 unspecified atom stereocenters. The molecule has 4 nitrogen and oxygen atoms in total. The summed E-state index contributed by atoms with van der Waals surface area (Å²) >= 11 is 0. The highest BCUT2D eigenvalue weighted by Crippen LogP contribution is 2.31. The van der Waals surface area contributed by atoms with Crippen LogP contribution in [0.3, 0.4) is 0 Å². The summed E-state index contributed by atoms with van der Waals surface area (Å²) in [5.74, 6) is 0.506. The van der Waals surface area contributed by atoms with Gasteiger partial charge in [-0.3, -0.25) is 0 Å². The van der Waals surface area contributed by atoms with Crippen molar-refractivity contribution in [2.45, 2.75) is 45.4 Å². The summed E-state index contributed by atoms with van der Waals surface area (Å²) in [5.41, 5.74) is 2.60.